The molecule has 0 saturated carbocycles. The van der Waals surface area contributed by atoms with Gasteiger partial charge in [-0.25, -0.2) is 0 Å². The highest BCUT2D eigenvalue weighted by molar-refractivity contribution is 5.87. The Morgan fingerprint density at radius 1 is 1.28 bits per heavy atom. The van der Waals surface area contributed by atoms with Crippen LogP contribution in [0.3, 0.4) is 0 Å². The number of rotatable bonds is 5. The Hall–Kier alpha value is -1.10. The number of carbonyl (C=O) groups excluding carboxylic acids is 2. The molecule has 2 atom stereocenters. The molecule has 0 aromatic heterocycles. The van der Waals surface area contributed by atoms with Gasteiger partial charge in [-0.2, -0.15) is 0 Å². The van der Waals surface area contributed by atoms with Crippen LogP contribution < -0.4 is 11.1 Å². The van der Waals surface area contributed by atoms with Crippen LogP contribution in [-0.2, 0) is 9.59 Å². The lowest BCUT2D eigenvalue weighted by Crippen LogP contribution is -2.45. The molecular formula is C13H27N3O2. The van der Waals surface area contributed by atoms with Gasteiger partial charge in [-0.1, -0.05) is 20.8 Å². The summed E-state index contributed by atoms with van der Waals surface area (Å²) in [5, 5.41) is 2.67. The molecule has 0 heterocycles. The van der Waals surface area contributed by atoms with Gasteiger partial charge in [0.25, 0.3) is 0 Å². The Balaban J connectivity index is 4.16. The first-order valence-electron chi connectivity index (χ1n) is 6.29. The van der Waals surface area contributed by atoms with Crippen molar-refractivity contribution in [2.45, 2.75) is 52.6 Å². The van der Waals surface area contributed by atoms with Gasteiger partial charge in [0.05, 0.1) is 0 Å². The van der Waals surface area contributed by atoms with Crippen LogP contribution in [0.25, 0.3) is 0 Å². The van der Waals surface area contributed by atoms with Crippen molar-refractivity contribution in [3.63, 3.8) is 0 Å². The molecule has 0 rings (SSSR count). The zero-order valence-electron chi connectivity index (χ0n) is 12.4. The Morgan fingerprint density at radius 3 is 2.17 bits per heavy atom. The van der Waals surface area contributed by atoms with Crippen molar-refractivity contribution >= 4 is 11.8 Å². The second kappa shape index (κ2) is 6.73. The van der Waals surface area contributed by atoms with Crippen molar-refractivity contribution in [1.29, 1.82) is 0 Å². The summed E-state index contributed by atoms with van der Waals surface area (Å²) in [6.07, 6.45) is 1.03. The normalized spacial score (nSPS) is 14.8. The topological polar surface area (TPSA) is 75.4 Å². The zero-order valence-corrected chi connectivity index (χ0v) is 12.4. The first-order valence-corrected chi connectivity index (χ1v) is 6.29. The summed E-state index contributed by atoms with van der Waals surface area (Å²) in [5.74, 6) is -0.290. The van der Waals surface area contributed by atoms with Crippen molar-refractivity contribution in [1.82, 2.24) is 10.2 Å². The number of likely N-dealkylation sites (N-methyl/N-ethyl adjacent to an activating group) is 1. The molecule has 0 radical (unpaired) electrons. The molecule has 0 spiro atoms. The lowest BCUT2D eigenvalue weighted by molar-refractivity contribution is -0.134. The Morgan fingerprint density at radius 2 is 1.78 bits per heavy atom. The fourth-order valence-electron chi connectivity index (χ4n) is 1.85. The highest BCUT2D eigenvalue weighted by Crippen LogP contribution is 2.20. The number of hydrogen-bond acceptors (Lipinski definition) is 3. The molecular weight excluding hydrogens is 230 g/mol. The van der Waals surface area contributed by atoms with Gasteiger partial charge < -0.3 is 16.0 Å². The van der Waals surface area contributed by atoms with Crippen LogP contribution >= 0.6 is 0 Å². The second-order valence-electron chi connectivity index (χ2n) is 6.25. The van der Waals surface area contributed by atoms with Crippen LogP contribution in [0.2, 0.25) is 0 Å². The third kappa shape index (κ3) is 7.27. The van der Waals surface area contributed by atoms with Gasteiger partial charge in [-0.05, 0) is 18.8 Å². The molecule has 2 unspecified atom stereocenters. The van der Waals surface area contributed by atoms with Crippen LogP contribution in [-0.4, -0.2) is 42.9 Å². The molecule has 0 aliphatic carbocycles. The first kappa shape index (κ1) is 16.9. The average molecular weight is 257 g/mol. The summed E-state index contributed by atoms with van der Waals surface area (Å²) in [4.78, 5) is 24.7. The molecule has 0 aliphatic rings. The van der Waals surface area contributed by atoms with E-state index in [9.17, 15) is 9.59 Å². The van der Waals surface area contributed by atoms with E-state index in [2.05, 4.69) is 26.1 Å². The minimum absolute atomic E-state index is 0.102. The summed E-state index contributed by atoms with van der Waals surface area (Å²) >= 11 is 0. The highest BCUT2D eigenvalue weighted by Gasteiger charge is 2.21. The zero-order chi connectivity index (χ0) is 14.5. The van der Waals surface area contributed by atoms with Gasteiger partial charge >= 0.3 is 0 Å². The summed E-state index contributed by atoms with van der Waals surface area (Å²) in [5.41, 5.74) is 6.02. The van der Waals surface area contributed by atoms with E-state index in [1.807, 2.05) is 0 Å². The van der Waals surface area contributed by atoms with Crippen molar-refractivity contribution in [3.8, 4) is 0 Å². The molecule has 5 nitrogen and oxygen atoms in total. The van der Waals surface area contributed by atoms with Crippen molar-refractivity contribution in [2.75, 3.05) is 14.1 Å². The molecule has 0 aromatic carbocycles. The number of hydrogen-bond donors (Lipinski definition) is 2. The SMILES string of the molecule is CC(NC(=O)CC(N)CC(C)(C)C)C(=O)N(C)C. The van der Waals surface area contributed by atoms with Crippen LogP contribution in [0.15, 0.2) is 0 Å². The summed E-state index contributed by atoms with van der Waals surface area (Å²) in [6.45, 7) is 7.93. The number of nitrogens with one attached hydrogen (secondary N) is 1. The fraction of sp³-hybridized carbons (Fsp3) is 0.846. The predicted molar refractivity (Wildman–Crippen MR) is 73.0 cm³/mol. The average Bonchev–Trinajstić information content (AvgIpc) is 2.12. The van der Waals surface area contributed by atoms with Crippen LogP contribution in [0.1, 0.15) is 40.5 Å². The first-order chi connectivity index (χ1) is 8.03. The quantitative estimate of drug-likeness (QED) is 0.762. The molecule has 0 aromatic rings. The lowest BCUT2D eigenvalue weighted by atomic mass is 9.87. The van der Waals surface area contributed by atoms with E-state index in [1.165, 1.54) is 4.90 Å². The number of nitrogens with two attached hydrogens (primary N) is 1. The second-order valence-corrected chi connectivity index (χ2v) is 6.25. The van der Waals surface area contributed by atoms with Gasteiger partial charge in [0.1, 0.15) is 6.04 Å². The molecule has 0 bridgehead atoms. The maximum atomic E-state index is 11.7. The fourth-order valence-corrected chi connectivity index (χ4v) is 1.85. The minimum Gasteiger partial charge on any atom is -0.347 e. The van der Waals surface area contributed by atoms with E-state index in [4.69, 9.17) is 5.73 Å². The van der Waals surface area contributed by atoms with Crippen LogP contribution in [0.4, 0.5) is 0 Å². The predicted octanol–water partition coefficient (Wildman–Crippen LogP) is 0.733. The van der Waals surface area contributed by atoms with Crippen LogP contribution in [0, 0.1) is 5.41 Å². The van der Waals surface area contributed by atoms with E-state index in [-0.39, 0.29) is 29.7 Å². The molecule has 106 valence electrons. The van der Waals surface area contributed by atoms with Gasteiger partial charge in [-0.3, -0.25) is 9.59 Å². The monoisotopic (exact) mass is 257 g/mol. The molecule has 0 aliphatic heterocycles. The van der Waals surface area contributed by atoms with E-state index in [1.54, 1.807) is 21.0 Å². The maximum Gasteiger partial charge on any atom is 0.244 e. The van der Waals surface area contributed by atoms with Gasteiger partial charge in [0, 0.05) is 26.6 Å². The number of nitrogens with zero attached hydrogens (tertiary/aromatic N) is 1. The summed E-state index contributed by atoms with van der Waals surface area (Å²) in [6, 6.07) is -0.680. The van der Waals surface area contributed by atoms with Crippen molar-refractivity contribution in [2.24, 2.45) is 11.1 Å². The van der Waals surface area contributed by atoms with Gasteiger partial charge in [-0.15, -0.1) is 0 Å². The van der Waals surface area contributed by atoms with E-state index < -0.39 is 6.04 Å². The molecule has 0 fully saturated rings. The molecule has 0 saturated heterocycles. The minimum atomic E-state index is -0.505. The van der Waals surface area contributed by atoms with E-state index >= 15 is 0 Å². The molecule has 2 amide bonds. The smallest absolute Gasteiger partial charge is 0.244 e. The lowest BCUT2D eigenvalue weighted by Gasteiger charge is -2.23. The Labute approximate surface area is 110 Å². The standard InChI is InChI=1S/C13H27N3O2/c1-9(12(18)16(5)6)15-11(17)7-10(14)8-13(2,3)4/h9-10H,7-8,14H2,1-6H3,(H,15,17). The Bertz CT molecular complexity index is 295. The number of carbonyl (C=O) groups is 2. The Kier molecular flexibility index (Phi) is 6.32. The summed E-state index contributed by atoms with van der Waals surface area (Å²) in [7, 11) is 3.33. The molecule has 18 heavy (non-hydrogen) atoms. The largest absolute Gasteiger partial charge is 0.347 e. The molecule has 5 heteroatoms. The van der Waals surface area contributed by atoms with Crippen molar-refractivity contribution < 1.29 is 9.59 Å². The van der Waals surface area contributed by atoms with Gasteiger partial charge in [0.15, 0.2) is 0 Å². The number of amides is 2. The van der Waals surface area contributed by atoms with E-state index in [0.717, 1.165) is 6.42 Å². The summed E-state index contributed by atoms with van der Waals surface area (Å²) < 4.78 is 0. The third-order valence-corrected chi connectivity index (χ3v) is 2.51. The van der Waals surface area contributed by atoms with Crippen molar-refractivity contribution in [3.05, 3.63) is 0 Å². The van der Waals surface area contributed by atoms with Gasteiger partial charge in [0.2, 0.25) is 11.8 Å². The van der Waals surface area contributed by atoms with Crippen LogP contribution in [0.5, 0.6) is 0 Å². The maximum absolute atomic E-state index is 11.7. The third-order valence-electron chi connectivity index (χ3n) is 2.51. The van der Waals surface area contributed by atoms with E-state index in [0.29, 0.717) is 0 Å². The molecule has 3 N–H and O–H groups in total. The highest BCUT2D eigenvalue weighted by atomic mass is 16.2.